The third-order valence-corrected chi connectivity index (χ3v) is 5.78. The summed E-state index contributed by atoms with van der Waals surface area (Å²) >= 11 is 0. The van der Waals surface area contributed by atoms with Crippen molar-refractivity contribution in [1.29, 1.82) is 0 Å². The van der Waals surface area contributed by atoms with E-state index < -0.39 is 0 Å². The molecule has 4 aromatic heterocycles. The van der Waals surface area contributed by atoms with Gasteiger partial charge in [0.25, 0.3) is 11.7 Å². The molecule has 166 valence electrons. The molecule has 0 spiro atoms. The van der Waals surface area contributed by atoms with Crippen molar-refractivity contribution in [3.8, 4) is 0 Å². The van der Waals surface area contributed by atoms with Crippen LogP contribution in [0.2, 0.25) is 0 Å². The lowest BCUT2D eigenvalue weighted by molar-refractivity contribution is 0.0692. The van der Waals surface area contributed by atoms with Crippen LogP contribution >= 0.6 is 0 Å². The van der Waals surface area contributed by atoms with Gasteiger partial charge in [0.1, 0.15) is 5.82 Å². The van der Waals surface area contributed by atoms with Gasteiger partial charge in [-0.2, -0.15) is 9.50 Å². The number of aryl methyl sites for hydroxylation is 2. The number of nitrogens with zero attached hydrogens (tertiary/aromatic N) is 10. The Morgan fingerprint density at radius 3 is 2.53 bits per heavy atom. The molecule has 0 radical (unpaired) electrons. The van der Waals surface area contributed by atoms with Crippen LogP contribution in [0.15, 0.2) is 18.2 Å². The third kappa shape index (κ3) is 3.24. The molecule has 5 rings (SSSR count). The molecular formula is C21H26N10O. The van der Waals surface area contributed by atoms with E-state index in [1.165, 1.54) is 0 Å². The van der Waals surface area contributed by atoms with Crippen molar-refractivity contribution in [3.63, 3.8) is 0 Å². The summed E-state index contributed by atoms with van der Waals surface area (Å²) in [5.41, 5.74) is 2.29. The minimum Gasteiger partial charge on any atom is -0.351 e. The largest absolute Gasteiger partial charge is 0.351 e. The highest BCUT2D eigenvalue weighted by Gasteiger charge is 2.35. The highest BCUT2D eigenvalue weighted by molar-refractivity contribution is 5.91. The first-order chi connectivity index (χ1) is 15.1. The Labute approximate surface area is 185 Å². The summed E-state index contributed by atoms with van der Waals surface area (Å²) < 4.78 is 3.40. The number of rotatable bonds is 3. The van der Waals surface area contributed by atoms with Crippen molar-refractivity contribution < 1.29 is 4.79 Å². The SMILES string of the molecule is Cc1cc(C)n2nc(C(=O)N(C)C3CN(c4ccc5nnc(C(C)(C)C)n5n4)C3)nc2n1. The maximum absolute atomic E-state index is 13.0. The minimum absolute atomic E-state index is 0.0467. The van der Waals surface area contributed by atoms with Gasteiger partial charge in [0, 0.05) is 36.9 Å². The van der Waals surface area contributed by atoms with E-state index >= 15 is 0 Å². The van der Waals surface area contributed by atoms with Crippen LogP contribution in [-0.2, 0) is 5.41 Å². The normalized spacial score (nSPS) is 14.9. The summed E-state index contributed by atoms with van der Waals surface area (Å²) in [6, 6.07) is 5.82. The van der Waals surface area contributed by atoms with Crippen LogP contribution in [0, 0.1) is 13.8 Å². The fourth-order valence-electron chi connectivity index (χ4n) is 3.88. The van der Waals surface area contributed by atoms with E-state index in [4.69, 9.17) is 5.10 Å². The fraction of sp³-hybridized carbons (Fsp3) is 0.476. The number of hydrogen-bond donors (Lipinski definition) is 0. The summed E-state index contributed by atoms with van der Waals surface area (Å²) in [7, 11) is 1.79. The van der Waals surface area contributed by atoms with Gasteiger partial charge in [-0.1, -0.05) is 20.8 Å². The highest BCUT2D eigenvalue weighted by atomic mass is 16.2. The average Bonchev–Trinajstić information content (AvgIpc) is 3.29. The van der Waals surface area contributed by atoms with Crippen molar-refractivity contribution in [2.24, 2.45) is 0 Å². The molecule has 1 saturated heterocycles. The van der Waals surface area contributed by atoms with Gasteiger partial charge in [-0.25, -0.2) is 9.50 Å². The molecule has 1 fully saturated rings. The second-order valence-corrected chi connectivity index (χ2v) is 9.40. The molecule has 0 aromatic carbocycles. The molecule has 0 aliphatic carbocycles. The molecule has 1 aliphatic rings. The molecule has 32 heavy (non-hydrogen) atoms. The number of amides is 1. The topological polar surface area (TPSA) is 110 Å². The van der Waals surface area contributed by atoms with Crippen LogP contribution in [0.5, 0.6) is 0 Å². The lowest BCUT2D eigenvalue weighted by Gasteiger charge is -2.44. The maximum atomic E-state index is 13.0. The van der Waals surface area contributed by atoms with Crippen molar-refractivity contribution in [3.05, 3.63) is 41.2 Å². The van der Waals surface area contributed by atoms with Crippen LogP contribution in [0.4, 0.5) is 5.82 Å². The van der Waals surface area contributed by atoms with E-state index in [1.54, 1.807) is 21.0 Å². The molecule has 0 bridgehead atoms. The molecule has 0 saturated carbocycles. The number of anilines is 1. The third-order valence-electron chi connectivity index (χ3n) is 5.78. The van der Waals surface area contributed by atoms with Crippen LogP contribution in [-0.4, -0.2) is 76.4 Å². The molecule has 0 unspecified atom stereocenters. The Balaban J connectivity index is 1.32. The molecule has 4 aromatic rings. The van der Waals surface area contributed by atoms with Gasteiger partial charge >= 0.3 is 0 Å². The second kappa shape index (κ2) is 6.94. The van der Waals surface area contributed by atoms with E-state index in [0.717, 1.165) is 28.7 Å². The zero-order valence-corrected chi connectivity index (χ0v) is 19.1. The molecular weight excluding hydrogens is 408 g/mol. The van der Waals surface area contributed by atoms with E-state index in [2.05, 4.69) is 50.9 Å². The van der Waals surface area contributed by atoms with E-state index in [-0.39, 0.29) is 23.2 Å². The molecule has 11 nitrogen and oxygen atoms in total. The zero-order valence-electron chi connectivity index (χ0n) is 19.1. The Hall–Kier alpha value is -3.63. The van der Waals surface area contributed by atoms with Crippen molar-refractivity contribution in [2.45, 2.75) is 46.1 Å². The number of carbonyl (C=O) groups excluding carboxylic acids is 1. The standard InChI is InChI=1S/C21H26N10O/c1-12-9-13(2)30-20(22-12)23-17(27-30)18(32)28(6)14-10-29(11-14)16-8-7-15-24-25-19(21(3,4)5)31(15)26-16/h7-9,14H,10-11H2,1-6H3. The summed E-state index contributed by atoms with van der Waals surface area (Å²) in [6.07, 6.45) is 0. The first-order valence-corrected chi connectivity index (χ1v) is 10.6. The highest BCUT2D eigenvalue weighted by Crippen LogP contribution is 2.25. The quantitative estimate of drug-likeness (QED) is 0.476. The fourth-order valence-corrected chi connectivity index (χ4v) is 3.88. The van der Waals surface area contributed by atoms with Crippen molar-refractivity contribution >= 4 is 23.1 Å². The summed E-state index contributed by atoms with van der Waals surface area (Å²) in [5.74, 6) is 2.04. The van der Waals surface area contributed by atoms with Gasteiger partial charge in [0.05, 0.1) is 6.04 Å². The Kier molecular flexibility index (Phi) is 4.40. The van der Waals surface area contributed by atoms with E-state index in [1.807, 2.05) is 32.0 Å². The monoisotopic (exact) mass is 434 g/mol. The summed E-state index contributed by atoms with van der Waals surface area (Å²) in [4.78, 5) is 25.5. The number of fused-ring (bicyclic) bond motifs is 2. The number of aromatic nitrogens is 8. The van der Waals surface area contributed by atoms with E-state index in [9.17, 15) is 4.79 Å². The Morgan fingerprint density at radius 2 is 1.81 bits per heavy atom. The van der Waals surface area contributed by atoms with E-state index in [0.29, 0.717) is 18.9 Å². The van der Waals surface area contributed by atoms with Crippen molar-refractivity contribution in [1.82, 2.24) is 44.3 Å². The summed E-state index contributed by atoms with van der Waals surface area (Å²) in [5, 5.41) is 17.6. The van der Waals surface area contributed by atoms with Crippen LogP contribution in [0.25, 0.3) is 11.4 Å². The Morgan fingerprint density at radius 1 is 1.06 bits per heavy atom. The molecule has 11 heteroatoms. The van der Waals surface area contributed by atoms with Crippen molar-refractivity contribution in [2.75, 3.05) is 25.0 Å². The lowest BCUT2D eigenvalue weighted by atomic mass is 9.96. The lowest BCUT2D eigenvalue weighted by Crippen LogP contribution is -2.60. The molecule has 5 heterocycles. The van der Waals surface area contributed by atoms with Gasteiger partial charge in [-0.3, -0.25) is 4.79 Å². The Bertz CT molecular complexity index is 1340. The molecule has 0 atom stereocenters. The van der Waals surface area contributed by atoms with Crippen LogP contribution in [0.3, 0.4) is 0 Å². The van der Waals surface area contributed by atoms with Gasteiger partial charge < -0.3 is 9.80 Å². The average molecular weight is 435 g/mol. The van der Waals surface area contributed by atoms with Crippen LogP contribution < -0.4 is 4.90 Å². The number of likely N-dealkylation sites (N-methyl/N-ethyl adjacent to an activating group) is 1. The van der Waals surface area contributed by atoms with Crippen LogP contribution in [0.1, 0.15) is 48.6 Å². The van der Waals surface area contributed by atoms with Gasteiger partial charge in [0.2, 0.25) is 5.82 Å². The zero-order chi connectivity index (χ0) is 22.8. The second-order valence-electron chi connectivity index (χ2n) is 9.40. The number of carbonyl (C=O) groups is 1. The summed E-state index contributed by atoms with van der Waals surface area (Å²) in [6.45, 7) is 11.4. The molecule has 0 N–H and O–H groups in total. The first-order valence-electron chi connectivity index (χ1n) is 10.6. The number of hydrogen-bond acceptors (Lipinski definition) is 8. The minimum atomic E-state index is -0.213. The smallest absolute Gasteiger partial charge is 0.293 e. The maximum Gasteiger partial charge on any atom is 0.293 e. The first kappa shape index (κ1) is 20.3. The van der Waals surface area contributed by atoms with Gasteiger partial charge in [0.15, 0.2) is 11.5 Å². The predicted molar refractivity (Wildman–Crippen MR) is 118 cm³/mol. The predicted octanol–water partition coefficient (Wildman–Crippen LogP) is 1.44. The van der Waals surface area contributed by atoms with Gasteiger partial charge in [-0.05, 0) is 32.0 Å². The molecule has 1 aliphatic heterocycles. The van der Waals surface area contributed by atoms with Gasteiger partial charge in [-0.15, -0.1) is 20.4 Å². The molecule has 1 amide bonds.